The van der Waals surface area contributed by atoms with Crippen LogP contribution in [0.2, 0.25) is 0 Å². The van der Waals surface area contributed by atoms with Gasteiger partial charge in [-0.05, 0) is 36.6 Å². The molecule has 0 aliphatic rings. The van der Waals surface area contributed by atoms with E-state index in [1.54, 1.807) is 6.07 Å². The smallest absolute Gasteiger partial charge is 0.123 e. The summed E-state index contributed by atoms with van der Waals surface area (Å²) in [6.45, 7) is 1.79. The minimum absolute atomic E-state index is 0. The van der Waals surface area contributed by atoms with E-state index in [-0.39, 0.29) is 30.9 Å². The Kier molecular flexibility index (Phi) is 5.69. The summed E-state index contributed by atoms with van der Waals surface area (Å²) in [5.41, 5.74) is 7.44. The van der Waals surface area contributed by atoms with Gasteiger partial charge in [0.1, 0.15) is 5.82 Å². The van der Waals surface area contributed by atoms with Crippen LogP contribution in [0.3, 0.4) is 0 Å². The molecular formula is C10H15ClFNO. The lowest BCUT2D eigenvalue weighted by Gasteiger charge is -2.10. The summed E-state index contributed by atoms with van der Waals surface area (Å²) in [6.07, 6.45) is 0.586. The van der Waals surface area contributed by atoms with E-state index in [0.29, 0.717) is 6.42 Å². The lowest BCUT2D eigenvalue weighted by Crippen LogP contribution is -2.27. The van der Waals surface area contributed by atoms with Crippen molar-refractivity contribution in [2.24, 2.45) is 5.73 Å². The topological polar surface area (TPSA) is 46.2 Å². The molecule has 80 valence electrons. The van der Waals surface area contributed by atoms with E-state index >= 15 is 0 Å². The van der Waals surface area contributed by atoms with Crippen LogP contribution >= 0.6 is 12.4 Å². The summed E-state index contributed by atoms with van der Waals surface area (Å²) in [6, 6.07) is 4.33. The lowest BCUT2D eigenvalue weighted by molar-refractivity contribution is 0.265. The van der Waals surface area contributed by atoms with Crippen LogP contribution in [0.1, 0.15) is 11.1 Å². The second-order valence-electron chi connectivity index (χ2n) is 3.22. The molecule has 1 unspecified atom stereocenters. The normalized spacial score (nSPS) is 12.0. The van der Waals surface area contributed by atoms with Crippen LogP contribution in [-0.4, -0.2) is 17.8 Å². The van der Waals surface area contributed by atoms with Crippen LogP contribution in [0.5, 0.6) is 0 Å². The van der Waals surface area contributed by atoms with Gasteiger partial charge in [0, 0.05) is 6.04 Å². The number of aliphatic hydroxyl groups is 1. The zero-order valence-electron chi connectivity index (χ0n) is 8.03. The molecule has 1 aromatic carbocycles. The summed E-state index contributed by atoms with van der Waals surface area (Å²) >= 11 is 0. The first kappa shape index (κ1) is 13.4. The van der Waals surface area contributed by atoms with Crippen molar-refractivity contribution in [3.05, 3.63) is 35.1 Å². The van der Waals surface area contributed by atoms with E-state index < -0.39 is 0 Å². The van der Waals surface area contributed by atoms with Crippen molar-refractivity contribution >= 4 is 12.4 Å². The van der Waals surface area contributed by atoms with Gasteiger partial charge < -0.3 is 10.8 Å². The van der Waals surface area contributed by atoms with Crippen LogP contribution in [0.15, 0.2) is 18.2 Å². The Morgan fingerprint density at radius 2 is 2.14 bits per heavy atom. The Hall–Kier alpha value is -0.640. The maximum atomic E-state index is 12.7. The Labute approximate surface area is 89.3 Å². The van der Waals surface area contributed by atoms with Crippen molar-refractivity contribution in [3.8, 4) is 0 Å². The molecule has 0 amide bonds. The van der Waals surface area contributed by atoms with Crippen molar-refractivity contribution in [1.82, 2.24) is 0 Å². The molecule has 4 heteroatoms. The van der Waals surface area contributed by atoms with Gasteiger partial charge in [0.15, 0.2) is 0 Å². The molecule has 0 bridgehead atoms. The number of aliphatic hydroxyl groups excluding tert-OH is 1. The minimum atomic E-state index is -0.260. The number of hydrogen-bond donors (Lipinski definition) is 2. The summed E-state index contributed by atoms with van der Waals surface area (Å²) in [5.74, 6) is -0.237. The quantitative estimate of drug-likeness (QED) is 0.808. The highest BCUT2D eigenvalue weighted by atomic mass is 35.5. The zero-order chi connectivity index (χ0) is 9.84. The molecule has 0 spiro atoms. The average Bonchev–Trinajstić information content (AvgIpc) is 2.09. The molecule has 2 nitrogen and oxygen atoms in total. The number of nitrogens with two attached hydrogens (primary N) is 1. The average molecular weight is 220 g/mol. The monoisotopic (exact) mass is 219 g/mol. The van der Waals surface area contributed by atoms with Gasteiger partial charge >= 0.3 is 0 Å². The van der Waals surface area contributed by atoms with Crippen LogP contribution < -0.4 is 5.73 Å². The van der Waals surface area contributed by atoms with Gasteiger partial charge in [-0.2, -0.15) is 0 Å². The molecule has 0 heterocycles. The van der Waals surface area contributed by atoms with Crippen LogP contribution in [0, 0.1) is 12.7 Å². The molecule has 0 saturated heterocycles. The maximum absolute atomic E-state index is 12.7. The molecule has 14 heavy (non-hydrogen) atoms. The van der Waals surface area contributed by atoms with Crippen molar-refractivity contribution in [1.29, 1.82) is 0 Å². The Bertz CT molecular complexity index is 293. The third-order valence-electron chi connectivity index (χ3n) is 2.02. The van der Waals surface area contributed by atoms with Crippen molar-refractivity contribution in [2.45, 2.75) is 19.4 Å². The third kappa shape index (κ3) is 3.62. The van der Waals surface area contributed by atoms with Gasteiger partial charge in [0.2, 0.25) is 0 Å². The predicted octanol–water partition coefficient (Wildman–Crippen LogP) is 1.42. The third-order valence-corrected chi connectivity index (χ3v) is 2.02. The molecule has 0 radical (unpaired) electrons. The lowest BCUT2D eigenvalue weighted by atomic mass is 10.0. The van der Waals surface area contributed by atoms with Crippen molar-refractivity contribution in [2.75, 3.05) is 6.61 Å². The van der Waals surface area contributed by atoms with Gasteiger partial charge in [-0.1, -0.05) is 6.07 Å². The highest BCUT2D eigenvalue weighted by Gasteiger charge is 2.05. The van der Waals surface area contributed by atoms with Gasteiger partial charge in [-0.15, -0.1) is 12.4 Å². The summed E-state index contributed by atoms with van der Waals surface area (Å²) in [4.78, 5) is 0. The molecule has 1 rings (SSSR count). The van der Waals surface area contributed by atoms with Gasteiger partial charge in [-0.3, -0.25) is 0 Å². The number of rotatable bonds is 3. The predicted molar refractivity (Wildman–Crippen MR) is 57.2 cm³/mol. The fourth-order valence-electron chi connectivity index (χ4n) is 1.24. The van der Waals surface area contributed by atoms with E-state index in [1.807, 2.05) is 6.92 Å². The second-order valence-corrected chi connectivity index (χ2v) is 3.22. The van der Waals surface area contributed by atoms with E-state index in [2.05, 4.69) is 0 Å². The first-order chi connectivity index (χ1) is 6.13. The first-order valence-electron chi connectivity index (χ1n) is 4.25. The molecule has 0 saturated carbocycles. The Morgan fingerprint density at radius 1 is 1.50 bits per heavy atom. The maximum Gasteiger partial charge on any atom is 0.123 e. The van der Waals surface area contributed by atoms with Crippen LogP contribution in [-0.2, 0) is 6.42 Å². The molecule has 0 aliphatic carbocycles. The number of hydrogen-bond acceptors (Lipinski definition) is 2. The molecule has 1 aromatic rings. The van der Waals surface area contributed by atoms with Crippen LogP contribution in [0.4, 0.5) is 4.39 Å². The largest absolute Gasteiger partial charge is 0.395 e. The summed E-state index contributed by atoms with van der Waals surface area (Å²) < 4.78 is 12.7. The van der Waals surface area contributed by atoms with Crippen molar-refractivity contribution in [3.63, 3.8) is 0 Å². The van der Waals surface area contributed by atoms with E-state index in [0.717, 1.165) is 11.1 Å². The molecule has 0 aromatic heterocycles. The number of benzene rings is 1. The van der Waals surface area contributed by atoms with E-state index in [9.17, 15) is 4.39 Å². The summed E-state index contributed by atoms with van der Waals surface area (Å²) in [5, 5.41) is 8.74. The molecule has 1 atom stereocenters. The minimum Gasteiger partial charge on any atom is -0.395 e. The SMILES string of the molecule is Cc1cc(F)ccc1CC(N)CO.Cl. The number of aryl methyl sites for hydroxylation is 1. The second kappa shape index (κ2) is 5.96. The highest BCUT2D eigenvalue weighted by Crippen LogP contribution is 2.11. The van der Waals surface area contributed by atoms with Gasteiger partial charge in [0.05, 0.1) is 6.61 Å². The zero-order valence-corrected chi connectivity index (χ0v) is 8.85. The van der Waals surface area contributed by atoms with Gasteiger partial charge in [0.25, 0.3) is 0 Å². The van der Waals surface area contributed by atoms with E-state index in [4.69, 9.17) is 10.8 Å². The summed E-state index contributed by atoms with van der Waals surface area (Å²) in [7, 11) is 0. The molecule has 3 N–H and O–H groups in total. The van der Waals surface area contributed by atoms with Crippen molar-refractivity contribution < 1.29 is 9.50 Å². The fourth-order valence-corrected chi connectivity index (χ4v) is 1.24. The fraction of sp³-hybridized carbons (Fsp3) is 0.400. The molecule has 0 aliphatic heterocycles. The Balaban J connectivity index is 0.00000169. The Morgan fingerprint density at radius 3 is 2.64 bits per heavy atom. The first-order valence-corrected chi connectivity index (χ1v) is 4.25. The molecular weight excluding hydrogens is 205 g/mol. The number of halogens is 2. The highest BCUT2D eigenvalue weighted by molar-refractivity contribution is 5.85. The van der Waals surface area contributed by atoms with E-state index in [1.165, 1.54) is 12.1 Å². The standard InChI is InChI=1S/C10H14FNO.ClH/c1-7-4-9(11)3-2-8(7)5-10(12)6-13;/h2-4,10,13H,5-6,12H2,1H3;1H. The molecule has 0 fully saturated rings. The van der Waals surface area contributed by atoms with Crippen LogP contribution in [0.25, 0.3) is 0 Å². The van der Waals surface area contributed by atoms with Gasteiger partial charge in [-0.25, -0.2) is 4.39 Å².